The zero-order valence-electron chi connectivity index (χ0n) is 11.5. The molecular formula is C14H18BrNO4S. The van der Waals surface area contributed by atoms with Crippen LogP contribution < -0.4 is 4.72 Å². The van der Waals surface area contributed by atoms with Crippen LogP contribution in [0.5, 0.6) is 0 Å². The maximum atomic E-state index is 12.2. The summed E-state index contributed by atoms with van der Waals surface area (Å²) in [7, 11) is -3.42. The van der Waals surface area contributed by atoms with Gasteiger partial charge in [-0.2, -0.15) is 0 Å². The van der Waals surface area contributed by atoms with Gasteiger partial charge in [-0.1, -0.05) is 19.3 Å². The van der Waals surface area contributed by atoms with E-state index in [9.17, 15) is 13.2 Å². The van der Waals surface area contributed by atoms with Gasteiger partial charge in [0.25, 0.3) is 0 Å². The van der Waals surface area contributed by atoms with Crippen LogP contribution in [0.15, 0.2) is 22.7 Å². The molecule has 1 aliphatic rings. The second-order valence-corrected chi connectivity index (χ2v) is 8.01. The van der Waals surface area contributed by atoms with Gasteiger partial charge < -0.3 is 5.11 Å². The summed E-state index contributed by atoms with van der Waals surface area (Å²) < 4.78 is 27.3. The number of halogens is 1. The minimum atomic E-state index is -3.42. The molecule has 2 rings (SSSR count). The standard InChI is InChI=1S/C14H18BrNO4S/c15-12-8-11(14(17)18)6-7-13(12)16-21(19,20)9-10-4-2-1-3-5-10/h6-8,10,16H,1-5,9H2,(H,17,18). The van der Waals surface area contributed by atoms with Crippen molar-refractivity contribution < 1.29 is 18.3 Å². The molecule has 1 saturated carbocycles. The third kappa shape index (κ3) is 4.71. The van der Waals surface area contributed by atoms with E-state index in [-0.39, 0.29) is 17.2 Å². The first kappa shape index (κ1) is 16.3. The first-order chi connectivity index (χ1) is 9.87. The molecule has 1 aliphatic carbocycles. The second kappa shape index (κ2) is 6.79. The molecule has 1 fully saturated rings. The normalized spacial score (nSPS) is 16.6. The van der Waals surface area contributed by atoms with Crippen LogP contribution >= 0.6 is 15.9 Å². The Kier molecular flexibility index (Phi) is 5.27. The molecule has 0 aromatic heterocycles. The van der Waals surface area contributed by atoms with Gasteiger partial charge in [0.05, 0.1) is 17.0 Å². The van der Waals surface area contributed by atoms with E-state index in [1.165, 1.54) is 24.6 Å². The smallest absolute Gasteiger partial charge is 0.335 e. The maximum absolute atomic E-state index is 12.2. The number of anilines is 1. The predicted molar refractivity (Wildman–Crippen MR) is 85.1 cm³/mol. The van der Waals surface area contributed by atoms with Crippen LogP contribution in [-0.2, 0) is 10.0 Å². The van der Waals surface area contributed by atoms with Crippen LogP contribution in [0.25, 0.3) is 0 Å². The van der Waals surface area contributed by atoms with Crippen molar-refractivity contribution in [2.24, 2.45) is 5.92 Å². The van der Waals surface area contributed by atoms with Gasteiger partial charge in [-0.25, -0.2) is 13.2 Å². The van der Waals surface area contributed by atoms with E-state index in [1.807, 2.05) is 0 Å². The van der Waals surface area contributed by atoms with E-state index < -0.39 is 16.0 Å². The van der Waals surface area contributed by atoms with Crippen LogP contribution in [0.3, 0.4) is 0 Å². The Labute approximate surface area is 132 Å². The van der Waals surface area contributed by atoms with Crippen molar-refractivity contribution in [2.45, 2.75) is 32.1 Å². The Morgan fingerprint density at radius 2 is 1.95 bits per heavy atom. The average molecular weight is 376 g/mol. The van der Waals surface area contributed by atoms with Gasteiger partial charge in [0, 0.05) is 4.47 Å². The van der Waals surface area contributed by atoms with Gasteiger partial charge in [-0.3, -0.25) is 4.72 Å². The largest absolute Gasteiger partial charge is 0.478 e. The molecule has 0 bridgehead atoms. The summed E-state index contributed by atoms with van der Waals surface area (Å²) in [5.74, 6) is -0.708. The number of aromatic carboxylic acids is 1. The molecule has 2 N–H and O–H groups in total. The van der Waals surface area contributed by atoms with Gasteiger partial charge >= 0.3 is 5.97 Å². The van der Waals surface area contributed by atoms with Crippen molar-refractivity contribution in [3.8, 4) is 0 Å². The van der Waals surface area contributed by atoms with Crippen LogP contribution in [0.4, 0.5) is 5.69 Å². The lowest BCUT2D eigenvalue weighted by Crippen LogP contribution is -2.24. The molecule has 1 aromatic carbocycles. The van der Waals surface area contributed by atoms with Gasteiger partial charge in [-0.05, 0) is 52.9 Å². The fourth-order valence-electron chi connectivity index (χ4n) is 2.60. The van der Waals surface area contributed by atoms with Crippen molar-refractivity contribution in [2.75, 3.05) is 10.5 Å². The van der Waals surface area contributed by atoms with Crippen LogP contribution in [0, 0.1) is 5.92 Å². The van der Waals surface area contributed by atoms with Crippen molar-refractivity contribution in [1.29, 1.82) is 0 Å². The molecule has 0 amide bonds. The number of carboxylic acid groups (broad SMARTS) is 1. The fourth-order valence-corrected chi connectivity index (χ4v) is 4.76. The summed E-state index contributed by atoms with van der Waals surface area (Å²) in [5.41, 5.74) is 0.480. The summed E-state index contributed by atoms with van der Waals surface area (Å²) in [6.07, 6.45) is 5.29. The van der Waals surface area contributed by atoms with Crippen molar-refractivity contribution in [1.82, 2.24) is 0 Å². The molecule has 0 spiro atoms. The Balaban J connectivity index is 2.07. The minimum Gasteiger partial charge on any atom is -0.478 e. The third-order valence-corrected chi connectivity index (χ3v) is 5.76. The molecule has 5 nitrogen and oxygen atoms in total. The topological polar surface area (TPSA) is 83.5 Å². The summed E-state index contributed by atoms with van der Waals surface area (Å²) in [6.45, 7) is 0. The molecule has 7 heteroatoms. The average Bonchev–Trinajstić information content (AvgIpc) is 2.41. The number of nitrogens with one attached hydrogen (secondary N) is 1. The van der Waals surface area contributed by atoms with Crippen LogP contribution in [-0.4, -0.2) is 25.2 Å². The summed E-state index contributed by atoms with van der Waals surface area (Å²) >= 11 is 3.20. The van der Waals surface area contributed by atoms with E-state index in [1.54, 1.807) is 0 Å². The SMILES string of the molecule is O=C(O)c1ccc(NS(=O)(=O)CC2CCCCC2)c(Br)c1. The van der Waals surface area contributed by atoms with E-state index in [0.29, 0.717) is 10.2 Å². The second-order valence-electron chi connectivity index (χ2n) is 5.39. The molecule has 0 radical (unpaired) electrons. The lowest BCUT2D eigenvalue weighted by Gasteiger charge is -2.21. The van der Waals surface area contributed by atoms with Gasteiger partial charge in [0.2, 0.25) is 10.0 Å². The monoisotopic (exact) mass is 375 g/mol. The molecule has 1 aromatic rings. The fraction of sp³-hybridized carbons (Fsp3) is 0.500. The summed E-state index contributed by atoms with van der Waals surface area (Å²) in [6, 6.07) is 4.23. The molecule has 21 heavy (non-hydrogen) atoms. The number of carboxylic acids is 1. The minimum absolute atomic E-state index is 0.108. The van der Waals surface area contributed by atoms with Crippen molar-refractivity contribution in [3.05, 3.63) is 28.2 Å². The number of rotatable bonds is 5. The number of hydrogen-bond acceptors (Lipinski definition) is 3. The number of sulfonamides is 1. The van der Waals surface area contributed by atoms with Crippen molar-refractivity contribution in [3.63, 3.8) is 0 Å². The Morgan fingerprint density at radius 1 is 1.29 bits per heavy atom. The highest BCUT2D eigenvalue weighted by Crippen LogP contribution is 2.28. The highest BCUT2D eigenvalue weighted by Gasteiger charge is 2.22. The summed E-state index contributed by atoms with van der Waals surface area (Å²) in [4.78, 5) is 10.9. The zero-order chi connectivity index (χ0) is 15.5. The molecular weight excluding hydrogens is 358 g/mol. The number of hydrogen-bond donors (Lipinski definition) is 2. The van der Waals surface area contributed by atoms with E-state index in [4.69, 9.17) is 5.11 Å². The Bertz CT molecular complexity index is 624. The molecule has 0 heterocycles. The number of carbonyl (C=O) groups is 1. The third-order valence-electron chi connectivity index (χ3n) is 3.66. The molecule has 0 saturated heterocycles. The Hall–Kier alpha value is -1.08. The predicted octanol–water partition coefficient (Wildman–Crippen LogP) is 3.47. The van der Waals surface area contributed by atoms with E-state index in [2.05, 4.69) is 20.7 Å². The summed E-state index contributed by atoms with van der Waals surface area (Å²) in [5, 5.41) is 8.89. The van der Waals surface area contributed by atoms with Crippen molar-refractivity contribution >= 4 is 37.6 Å². The molecule has 0 atom stereocenters. The Morgan fingerprint density at radius 3 is 2.52 bits per heavy atom. The van der Waals surface area contributed by atoms with E-state index in [0.717, 1.165) is 25.7 Å². The molecule has 0 aliphatic heterocycles. The lowest BCUT2D eigenvalue weighted by molar-refractivity contribution is 0.0697. The van der Waals surface area contributed by atoms with E-state index >= 15 is 0 Å². The highest BCUT2D eigenvalue weighted by atomic mass is 79.9. The van der Waals surface area contributed by atoms with Crippen LogP contribution in [0.2, 0.25) is 0 Å². The zero-order valence-corrected chi connectivity index (χ0v) is 13.9. The molecule has 116 valence electrons. The quantitative estimate of drug-likeness (QED) is 0.824. The van der Waals surface area contributed by atoms with Gasteiger partial charge in [0.15, 0.2) is 0 Å². The maximum Gasteiger partial charge on any atom is 0.335 e. The highest BCUT2D eigenvalue weighted by molar-refractivity contribution is 9.10. The lowest BCUT2D eigenvalue weighted by atomic mass is 9.91. The van der Waals surface area contributed by atoms with Crippen LogP contribution in [0.1, 0.15) is 42.5 Å². The van der Waals surface area contributed by atoms with Gasteiger partial charge in [0.1, 0.15) is 0 Å². The first-order valence-electron chi connectivity index (χ1n) is 6.91. The first-order valence-corrected chi connectivity index (χ1v) is 9.35. The van der Waals surface area contributed by atoms with Gasteiger partial charge in [-0.15, -0.1) is 0 Å². The molecule has 0 unspecified atom stereocenters. The number of benzene rings is 1.